The molecule has 11 atom stereocenters. The number of aliphatic hydroxyl groups excluding tert-OH is 2. The maximum absolute atomic E-state index is 13.0. The van der Waals surface area contributed by atoms with E-state index in [-0.39, 0.29) is 39.5 Å². The number of carbonyl (C=O) groups is 2. The average molecular weight is 531 g/mol. The monoisotopic (exact) mass is 530 g/mol. The highest BCUT2D eigenvalue weighted by atomic mass is 16.6. The van der Waals surface area contributed by atoms with E-state index in [2.05, 4.69) is 47.6 Å². The number of esters is 1. The summed E-state index contributed by atoms with van der Waals surface area (Å²) in [5.74, 6) is -0.670. The lowest BCUT2D eigenvalue weighted by atomic mass is 9.33. The van der Waals surface area contributed by atoms with Crippen LogP contribution in [-0.4, -0.2) is 45.1 Å². The number of aliphatic carboxylic acids is 1. The average Bonchev–Trinajstić information content (AvgIpc) is 2.80. The molecule has 0 aromatic carbocycles. The zero-order chi connectivity index (χ0) is 28.3. The Labute approximate surface area is 228 Å². The minimum Gasteiger partial charge on any atom is -0.481 e. The Kier molecular flexibility index (Phi) is 6.16. The van der Waals surface area contributed by atoms with Gasteiger partial charge < -0.3 is 20.1 Å². The summed E-state index contributed by atoms with van der Waals surface area (Å²) in [4.78, 5) is 25.1. The summed E-state index contributed by atoms with van der Waals surface area (Å²) in [7, 11) is 0. The standard InChI is InChI=1S/C32H50O6/c1-18-24-20-9-10-23-28(5)17-21(34)25(35)27(3,4)22(28)11-12-30(23,7)29(20,6)13-15-32(24,26(36)37)16-14-31(18,8)38-19(2)33/h9,18,21-25,34-35H,10-17H2,1-8H3,(H,36,37)/t18-,21-,22?,23?,24?,25+,28+,29-,30-,31+,32-/m1/s1. The van der Waals surface area contributed by atoms with E-state index in [1.54, 1.807) is 0 Å². The third kappa shape index (κ3) is 3.31. The Hall–Kier alpha value is -1.40. The first-order valence-corrected chi connectivity index (χ1v) is 14.9. The minimum atomic E-state index is -0.831. The van der Waals surface area contributed by atoms with Crippen molar-refractivity contribution in [2.75, 3.05) is 0 Å². The van der Waals surface area contributed by atoms with E-state index in [1.807, 2.05) is 6.92 Å². The van der Waals surface area contributed by atoms with Gasteiger partial charge in [-0.3, -0.25) is 9.59 Å². The Morgan fingerprint density at radius 3 is 2.18 bits per heavy atom. The van der Waals surface area contributed by atoms with Crippen LogP contribution in [0.3, 0.4) is 0 Å². The van der Waals surface area contributed by atoms with Gasteiger partial charge in [-0.1, -0.05) is 53.2 Å². The number of aliphatic hydroxyl groups is 2. The van der Waals surface area contributed by atoms with Crippen molar-refractivity contribution in [3.05, 3.63) is 11.6 Å². The van der Waals surface area contributed by atoms with Gasteiger partial charge in [0.05, 0.1) is 17.6 Å². The first-order chi connectivity index (χ1) is 17.4. The maximum atomic E-state index is 13.0. The zero-order valence-corrected chi connectivity index (χ0v) is 24.8. The summed E-state index contributed by atoms with van der Waals surface area (Å²) < 4.78 is 5.93. The zero-order valence-electron chi connectivity index (χ0n) is 24.8. The lowest BCUT2D eigenvalue weighted by Gasteiger charge is -2.71. The summed E-state index contributed by atoms with van der Waals surface area (Å²) in [6.07, 6.45) is 6.96. The molecule has 5 aliphatic carbocycles. The van der Waals surface area contributed by atoms with E-state index in [0.29, 0.717) is 37.5 Å². The number of carboxylic acids is 1. The number of hydrogen-bond acceptors (Lipinski definition) is 5. The molecule has 0 spiro atoms. The van der Waals surface area contributed by atoms with Gasteiger partial charge in [-0.2, -0.15) is 0 Å². The smallest absolute Gasteiger partial charge is 0.310 e. The van der Waals surface area contributed by atoms with E-state index in [9.17, 15) is 24.9 Å². The fraction of sp³-hybridized carbons (Fsp3) is 0.875. The van der Waals surface area contributed by atoms with Crippen LogP contribution in [0, 0.1) is 50.7 Å². The molecular weight excluding hydrogens is 480 g/mol. The molecule has 4 saturated carbocycles. The highest BCUT2D eigenvalue weighted by molar-refractivity contribution is 5.77. The van der Waals surface area contributed by atoms with Gasteiger partial charge in [0.1, 0.15) is 5.60 Å². The molecule has 38 heavy (non-hydrogen) atoms. The second kappa shape index (κ2) is 8.31. The Morgan fingerprint density at radius 2 is 1.58 bits per heavy atom. The van der Waals surface area contributed by atoms with Gasteiger partial charge in [0.15, 0.2) is 0 Å². The van der Waals surface area contributed by atoms with Crippen LogP contribution in [0.2, 0.25) is 0 Å². The Morgan fingerprint density at radius 1 is 0.947 bits per heavy atom. The number of ether oxygens (including phenoxy) is 1. The van der Waals surface area contributed by atoms with Crippen LogP contribution in [0.1, 0.15) is 107 Å². The van der Waals surface area contributed by atoms with Crippen molar-refractivity contribution >= 4 is 11.9 Å². The fourth-order valence-electron chi connectivity index (χ4n) is 11.4. The Balaban J connectivity index is 1.62. The molecule has 5 aliphatic rings. The lowest BCUT2D eigenvalue weighted by molar-refractivity contribution is -0.235. The number of allylic oxidation sites excluding steroid dienone is 2. The fourth-order valence-corrected chi connectivity index (χ4v) is 11.4. The largest absolute Gasteiger partial charge is 0.481 e. The third-order valence-electron chi connectivity index (χ3n) is 13.8. The number of carbonyl (C=O) groups excluding carboxylic acids is 1. The van der Waals surface area contributed by atoms with Crippen LogP contribution in [0.4, 0.5) is 0 Å². The molecule has 0 radical (unpaired) electrons. The van der Waals surface area contributed by atoms with Crippen LogP contribution in [0.25, 0.3) is 0 Å². The topological polar surface area (TPSA) is 104 Å². The molecule has 6 nitrogen and oxygen atoms in total. The van der Waals surface area contributed by atoms with Crippen LogP contribution >= 0.6 is 0 Å². The molecule has 0 amide bonds. The quantitative estimate of drug-likeness (QED) is 0.310. The van der Waals surface area contributed by atoms with Crippen molar-refractivity contribution in [1.29, 1.82) is 0 Å². The highest BCUT2D eigenvalue weighted by Gasteiger charge is 2.71. The number of fused-ring (bicyclic) bond motifs is 7. The molecule has 214 valence electrons. The van der Waals surface area contributed by atoms with Crippen molar-refractivity contribution in [2.24, 2.45) is 50.7 Å². The lowest BCUT2D eigenvalue weighted by Crippen LogP contribution is -2.68. The van der Waals surface area contributed by atoms with Crippen LogP contribution < -0.4 is 0 Å². The van der Waals surface area contributed by atoms with Crippen LogP contribution in [0.15, 0.2) is 11.6 Å². The summed E-state index contributed by atoms with van der Waals surface area (Å²) in [6.45, 7) is 17.0. The van der Waals surface area contributed by atoms with Gasteiger partial charge in [-0.05, 0) is 91.8 Å². The number of hydrogen-bond donors (Lipinski definition) is 3. The Bertz CT molecular complexity index is 1060. The summed E-state index contributed by atoms with van der Waals surface area (Å²) >= 11 is 0. The molecule has 3 N–H and O–H groups in total. The molecule has 3 unspecified atom stereocenters. The molecule has 0 aromatic rings. The minimum absolute atomic E-state index is 0.0555. The summed E-state index contributed by atoms with van der Waals surface area (Å²) in [5, 5.41) is 32.7. The third-order valence-corrected chi connectivity index (χ3v) is 13.8. The van der Waals surface area contributed by atoms with Gasteiger partial charge in [0.2, 0.25) is 0 Å². The maximum Gasteiger partial charge on any atom is 0.310 e. The van der Waals surface area contributed by atoms with E-state index in [1.165, 1.54) is 12.5 Å². The van der Waals surface area contributed by atoms with Gasteiger partial charge >= 0.3 is 11.9 Å². The molecule has 0 saturated heterocycles. The van der Waals surface area contributed by atoms with E-state index in [4.69, 9.17) is 4.74 Å². The van der Waals surface area contributed by atoms with Crippen molar-refractivity contribution in [3.63, 3.8) is 0 Å². The van der Waals surface area contributed by atoms with E-state index < -0.39 is 29.2 Å². The molecular formula is C32H50O6. The molecule has 6 heteroatoms. The normalized spacial score (nSPS) is 53.4. The van der Waals surface area contributed by atoms with Gasteiger partial charge in [-0.15, -0.1) is 0 Å². The summed E-state index contributed by atoms with van der Waals surface area (Å²) in [5.41, 5.74) is -0.972. The van der Waals surface area contributed by atoms with Crippen molar-refractivity contribution in [2.45, 2.75) is 125 Å². The summed E-state index contributed by atoms with van der Waals surface area (Å²) in [6, 6.07) is 0. The van der Waals surface area contributed by atoms with Gasteiger partial charge in [0.25, 0.3) is 0 Å². The molecule has 4 fully saturated rings. The number of rotatable bonds is 2. The van der Waals surface area contributed by atoms with Crippen molar-refractivity contribution in [3.8, 4) is 0 Å². The number of carboxylic acid groups (broad SMARTS) is 1. The predicted molar refractivity (Wildman–Crippen MR) is 145 cm³/mol. The molecule has 5 rings (SSSR count). The van der Waals surface area contributed by atoms with E-state index >= 15 is 0 Å². The molecule has 0 aromatic heterocycles. The van der Waals surface area contributed by atoms with Gasteiger partial charge in [0, 0.05) is 18.8 Å². The van der Waals surface area contributed by atoms with Crippen LogP contribution in [-0.2, 0) is 14.3 Å². The van der Waals surface area contributed by atoms with E-state index in [0.717, 1.165) is 25.7 Å². The first kappa shape index (κ1) is 28.1. The first-order valence-electron chi connectivity index (χ1n) is 14.9. The second-order valence-electron chi connectivity index (χ2n) is 15.5. The highest BCUT2D eigenvalue weighted by Crippen LogP contribution is 2.76. The second-order valence-corrected chi connectivity index (χ2v) is 15.5. The SMILES string of the molecule is CC(=O)O[C@@]1(C)CC[C@]2(C(=O)O)CC[C@]3(C)C(=CCC4[C@@]5(C)C[C@@H](O)[C@H](O)C(C)(C)C5CC[C@]43C)C2[C@H]1C. The van der Waals surface area contributed by atoms with Gasteiger partial charge in [-0.25, -0.2) is 0 Å². The molecule has 0 heterocycles. The van der Waals surface area contributed by atoms with Crippen molar-refractivity contribution < 1.29 is 29.6 Å². The molecule has 0 aliphatic heterocycles. The molecule has 0 bridgehead atoms. The predicted octanol–water partition coefficient (Wildman–Crippen LogP) is 5.75. The van der Waals surface area contributed by atoms with Crippen LogP contribution in [0.5, 0.6) is 0 Å². The van der Waals surface area contributed by atoms with Crippen molar-refractivity contribution in [1.82, 2.24) is 0 Å².